The first-order valence-corrected chi connectivity index (χ1v) is 8.59. The van der Waals surface area contributed by atoms with Gasteiger partial charge in [0, 0.05) is 11.7 Å². The minimum atomic E-state index is -4.86. The van der Waals surface area contributed by atoms with E-state index in [9.17, 15) is 18.0 Å². The number of hydrogen-bond donors (Lipinski definition) is 1. The second-order valence-electron chi connectivity index (χ2n) is 6.33. The molecular weight excluding hydrogens is 317 g/mol. The van der Waals surface area contributed by atoms with Crippen LogP contribution in [-0.4, -0.2) is 36.1 Å². The Bertz CT molecular complexity index is 566. The number of halogens is 3. The van der Waals surface area contributed by atoms with Crippen molar-refractivity contribution in [2.75, 3.05) is 18.4 Å². The van der Waals surface area contributed by atoms with Gasteiger partial charge in [0.05, 0.1) is 0 Å². The third-order valence-electron chi connectivity index (χ3n) is 4.50. The lowest BCUT2D eigenvalue weighted by atomic mass is 9.86. The van der Waals surface area contributed by atoms with Crippen molar-refractivity contribution >= 4 is 11.6 Å². The van der Waals surface area contributed by atoms with Gasteiger partial charge in [0.15, 0.2) is 0 Å². The highest BCUT2D eigenvalue weighted by molar-refractivity contribution is 5.95. The average Bonchev–Trinajstić information content (AvgIpc) is 2.53. The summed E-state index contributed by atoms with van der Waals surface area (Å²) in [5, 5.41) is 2.03. The molecular formula is C18H25F3N2O. The zero-order chi connectivity index (χ0) is 17.7. The van der Waals surface area contributed by atoms with Crippen molar-refractivity contribution in [2.45, 2.75) is 58.2 Å². The van der Waals surface area contributed by atoms with Gasteiger partial charge in [-0.2, -0.15) is 13.2 Å². The van der Waals surface area contributed by atoms with E-state index in [4.69, 9.17) is 0 Å². The van der Waals surface area contributed by atoms with Crippen LogP contribution in [0.5, 0.6) is 0 Å². The Morgan fingerprint density at radius 3 is 2.50 bits per heavy atom. The quantitative estimate of drug-likeness (QED) is 0.842. The van der Waals surface area contributed by atoms with Gasteiger partial charge in [0.2, 0.25) is 0 Å². The molecule has 0 heterocycles. The van der Waals surface area contributed by atoms with E-state index >= 15 is 0 Å². The number of rotatable bonds is 6. The number of carbonyl (C=O) groups excluding carboxylic acids is 1. The molecule has 1 aromatic rings. The first-order valence-electron chi connectivity index (χ1n) is 8.59. The molecule has 1 unspecified atom stereocenters. The van der Waals surface area contributed by atoms with Gasteiger partial charge in [0.1, 0.15) is 0 Å². The molecule has 0 saturated heterocycles. The molecule has 0 radical (unpaired) electrons. The zero-order valence-corrected chi connectivity index (χ0v) is 14.2. The van der Waals surface area contributed by atoms with Gasteiger partial charge < -0.3 is 10.2 Å². The minimum Gasteiger partial charge on any atom is -0.318 e. The molecule has 1 aromatic carbocycles. The van der Waals surface area contributed by atoms with Crippen molar-refractivity contribution in [3.63, 3.8) is 0 Å². The summed E-state index contributed by atoms with van der Waals surface area (Å²) in [6.07, 6.45) is -0.260. The van der Waals surface area contributed by atoms with Gasteiger partial charge in [0.25, 0.3) is 0 Å². The van der Waals surface area contributed by atoms with Crippen LogP contribution in [0.2, 0.25) is 0 Å². The maximum Gasteiger partial charge on any atom is 0.471 e. The van der Waals surface area contributed by atoms with E-state index in [1.54, 1.807) is 12.1 Å². The maximum absolute atomic E-state index is 12.5. The van der Waals surface area contributed by atoms with Gasteiger partial charge in [-0.1, -0.05) is 26.0 Å². The molecule has 1 N–H and O–H groups in total. The van der Waals surface area contributed by atoms with Crippen LogP contribution in [0.15, 0.2) is 18.2 Å². The number of carbonyl (C=O) groups is 1. The Balaban J connectivity index is 2.15. The van der Waals surface area contributed by atoms with E-state index in [1.807, 2.05) is 11.4 Å². The Morgan fingerprint density at radius 2 is 1.92 bits per heavy atom. The summed E-state index contributed by atoms with van der Waals surface area (Å²) < 4.78 is 37.5. The molecule has 0 spiro atoms. The lowest BCUT2D eigenvalue weighted by Gasteiger charge is -2.35. The van der Waals surface area contributed by atoms with E-state index in [2.05, 4.69) is 18.7 Å². The molecule has 134 valence electrons. The summed E-state index contributed by atoms with van der Waals surface area (Å²) in [5.41, 5.74) is 2.19. The Morgan fingerprint density at radius 1 is 1.25 bits per heavy atom. The summed E-state index contributed by atoms with van der Waals surface area (Å²) in [4.78, 5) is 13.7. The lowest BCUT2D eigenvalue weighted by molar-refractivity contribution is -0.167. The fourth-order valence-corrected chi connectivity index (χ4v) is 3.46. The van der Waals surface area contributed by atoms with E-state index in [0.717, 1.165) is 49.9 Å². The van der Waals surface area contributed by atoms with Crippen molar-refractivity contribution < 1.29 is 18.0 Å². The summed E-state index contributed by atoms with van der Waals surface area (Å²) in [6, 6.07) is 5.65. The van der Waals surface area contributed by atoms with Crippen molar-refractivity contribution in [2.24, 2.45) is 0 Å². The molecule has 2 rings (SSSR count). The number of anilines is 1. The summed E-state index contributed by atoms with van der Waals surface area (Å²) in [5.74, 6) is -1.91. The van der Waals surface area contributed by atoms with Gasteiger partial charge in [-0.05, 0) is 62.4 Å². The topological polar surface area (TPSA) is 32.3 Å². The molecule has 0 fully saturated rings. The summed E-state index contributed by atoms with van der Waals surface area (Å²) >= 11 is 0. The highest BCUT2D eigenvalue weighted by Crippen LogP contribution is 2.31. The van der Waals surface area contributed by atoms with Gasteiger partial charge in [-0.25, -0.2) is 0 Å². The van der Waals surface area contributed by atoms with Crippen LogP contribution in [0.3, 0.4) is 0 Å². The standard InChI is InChI=1S/C18H25F3N2O/c1-3-10-23(11-4-2)14-8-9-15-13(12-14)6-5-7-16(15)22-17(24)18(19,20)21/h5-7,14H,3-4,8-12H2,1-2H3,(H,22,24). The lowest BCUT2D eigenvalue weighted by Crippen LogP contribution is -2.40. The number of nitrogens with one attached hydrogen (secondary N) is 1. The predicted octanol–water partition coefficient (Wildman–Crippen LogP) is 4.17. The fourth-order valence-electron chi connectivity index (χ4n) is 3.46. The minimum absolute atomic E-state index is 0.297. The van der Waals surface area contributed by atoms with Crippen molar-refractivity contribution in [3.05, 3.63) is 29.3 Å². The Labute approximate surface area is 141 Å². The molecule has 0 aromatic heterocycles. The first kappa shape index (κ1) is 18.8. The Hall–Kier alpha value is -1.56. The van der Waals surface area contributed by atoms with Crippen LogP contribution in [0.1, 0.15) is 44.2 Å². The molecule has 0 saturated carbocycles. The molecule has 1 aliphatic carbocycles. The van der Waals surface area contributed by atoms with Crippen LogP contribution < -0.4 is 5.32 Å². The Kier molecular flexibility index (Phi) is 6.27. The SMILES string of the molecule is CCCN(CCC)C1CCc2c(cccc2NC(=O)C(F)(F)F)C1. The second-order valence-corrected chi connectivity index (χ2v) is 6.33. The third-order valence-corrected chi connectivity index (χ3v) is 4.50. The smallest absolute Gasteiger partial charge is 0.318 e. The number of amides is 1. The molecule has 1 amide bonds. The molecule has 24 heavy (non-hydrogen) atoms. The van der Waals surface area contributed by atoms with E-state index in [1.165, 1.54) is 0 Å². The number of fused-ring (bicyclic) bond motifs is 1. The number of alkyl halides is 3. The molecule has 0 aliphatic heterocycles. The van der Waals surface area contributed by atoms with Crippen molar-refractivity contribution in [1.82, 2.24) is 4.90 Å². The van der Waals surface area contributed by atoms with Gasteiger partial charge in [-0.15, -0.1) is 0 Å². The first-order chi connectivity index (χ1) is 11.4. The fraction of sp³-hybridized carbons (Fsp3) is 0.611. The van der Waals surface area contributed by atoms with Crippen molar-refractivity contribution in [1.29, 1.82) is 0 Å². The van der Waals surface area contributed by atoms with Crippen LogP contribution in [0.25, 0.3) is 0 Å². The predicted molar refractivity (Wildman–Crippen MR) is 89.1 cm³/mol. The molecule has 1 aliphatic rings. The third kappa shape index (κ3) is 4.50. The maximum atomic E-state index is 12.5. The van der Waals surface area contributed by atoms with Gasteiger partial charge in [-0.3, -0.25) is 4.79 Å². The van der Waals surface area contributed by atoms with Crippen LogP contribution in [0.4, 0.5) is 18.9 Å². The molecule has 3 nitrogen and oxygen atoms in total. The monoisotopic (exact) mass is 342 g/mol. The molecule has 1 atom stereocenters. The highest BCUT2D eigenvalue weighted by Gasteiger charge is 2.39. The number of benzene rings is 1. The second kappa shape index (κ2) is 8.01. The molecule has 0 bridgehead atoms. The number of nitrogens with zero attached hydrogens (tertiary/aromatic N) is 1. The van der Waals surface area contributed by atoms with Crippen LogP contribution in [-0.2, 0) is 17.6 Å². The van der Waals surface area contributed by atoms with Crippen LogP contribution in [0, 0.1) is 0 Å². The molecule has 6 heteroatoms. The summed E-state index contributed by atoms with van der Waals surface area (Å²) in [6.45, 7) is 6.39. The normalized spacial score (nSPS) is 17.7. The van der Waals surface area contributed by atoms with Gasteiger partial charge >= 0.3 is 12.1 Å². The largest absolute Gasteiger partial charge is 0.471 e. The zero-order valence-electron chi connectivity index (χ0n) is 14.2. The summed E-state index contributed by atoms with van der Waals surface area (Å²) in [7, 11) is 0. The van der Waals surface area contributed by atoms with E-state index in [0.29, 0.717) is 18.2 Å². The van der Waals surface area contributed by atoms with E-state index in [-0.39, 0.29) is 0 Å². The van der Waals surface area contributed by atoms with Crippen LogP contribution >= 0.6 is 0 Å². The number of hydrogen-bond acceptors (Lipinski definition) is 2. The highest BCUT2D eigenvalue weighted by atomic mass is 19.4. The van der Waals surface area contributed by atoms with E-state index < -0.39 is 12.1 Å². The van der Waals surface area contributed by atoms with Crippen molar-refractivity contribution in [3.8, 4) is 0 Å². The average molecular weight is 342 g/mol.